The number of benzene rings is 1. The van der Waals surface area contributed by atoms with Crippen LogP contribution in [0.3, 0.4) is 0 Å². The van der Waals surface area contributed by atoms with Gasteiger partial charge in [0.15, 0.2) is 0 Å². The fraction of sp³-hybridized carbons (Fsp3) is 0. The summed E-state index contributed by atoms with van der Waals surface area (Å²) in [4.78, 5) is 19.9. The number of anilines is 1. The zero-order chi connectivity index (χ0) is 13.2. The van der Waals surface area contributed by atoms with Crippen LogP contribution in [-0.2, 0) is 0 Å². The average molecular weight is 290 g/mol. The van der Waals surface area contributed by atoms with Crippen LogP contribution in [0, 0.1) is 0 Å². The zero-order valence-electron chi connectivity index (χ0n) is 9.63. The summed E-state index contributed by atoms with van der Waals surface area (Å²) in [6.07, 6.45) is 1.50. The number of hydrogen-bond donors (Lipinski definition) is 1. The molecule has 0 unspecified atom stereocenters. The molecule has 3 rings (SSSR count). The minimum absolute atomic E-state index is 0.105. The van der Waals surface area contributed by atoms with Gasteiger partial charge in [-0.05, 0) is 23.7 Å². The maximum atomic E-state index is 12.2. The highest BCUT2D eigenvalue weighted by Crippen LogP contribution is 2.26. The first-order valence-corrected chi connectivity index (χ1v) is 6.76. The summed E-state index contributed by atoms with van der Waals surface area (Å²) >= 11 is 7.21. The summed E-state index contributed by atoms with van der Waals surface area (Å²) in [5.74, 6) is 0.187. The lowest BCUT2D eigenvalue weighted by Gasteiger charge is -2.03. The molecule has 0 aliphatic rings. The number of carbonyl (C=O) groups is 1. The third kappa shape index (κ3) is 2.43. The van der Waals surface area contributed by atoms with E-state index >= 15 is 0 Å². The van der Waals surface area contributed by atoms with E-state index in [0.717, 1.165) is 10.1 Å². The molecule has 1 amide bonds. The third-order valence-corrected chi connectivity index (χ3v) is 3.74. The minimum atomic E-state index is -0.202. The molecule has 2 aromatic heterocycles. The lowest BCUT2D eigenvalue weighted by Crippen LogP contribution is -2.12. The van der Waals surface area contributed by atoms with Gasteiger partial charge in [0.25, 0.3) is 5.91 Å². The van der Waals surface area contributed by atoms with Crippen molar-refractivity contribution in [3.8, 4) is 0 Å². The highest BCUT2D eigenvalue weighted by Gasteiger charge is 2.12. The molecule has 0 aliphatic carbocycles. The van der Waals surface area contributed by atoms with E-state index in [2.05, 4.69) is 15.3 Å². The molecule has 0 atom stereocenters. The van der Waals surface area contributed by atoms with Gasteiger partial charge < -0.3 is 5.32 Å². The fourth-order valence-electron chi connectivity index (χ4n) is 1.74. The topological polar surface area (TPSA) is 54.9 Å². The minimum Gasteiger partial charge on any atom is -0.306 e. The molecule has 1 N–H and O–H groups in total. The monoisotopic (exact) mass is 289 g/mol. The van der Waals surface area contributed by atoms with E-state index in [-0.39, 0.29) is 11.2 Å². The maximum absolute atomic E-state index is 12.2. The quantitative estimate of drug-likeness (QED) is 0.733. The van der Waals surface area contributed by atoms with Crippen molar-refractivity contribution in [2.24, 2.45) is 0 Å². The number of nitrogens with one attached hydrogen (secondary N) is 1. The Morgan fingerprint density at radius 2 is 2.11 bits per heavy atom. The summed E-state index contributed by atoms with van der Waals surface area (Å²) in [7, 11) is 0. The third-order valence-electron chi connectivity index (χ3n) is 2.59. The van der Waals surface area contributed by atoms with Crippen LogP contribution in [0.25, 0.3) is 10.1 Å². The number of rotatable bonds is 2. The lowest BCUT2D eigenvalue weighted by atomic mass is 10.1. The second-order valence-electron chi connectivity index (χ2n) is 3.81. The van der Waals surface area contributed by atoms with E-state index in [1.165, 1.54) is 17.5 Å². The van der Waals surface area contributed by atoms with Crippen LogP contribution in [0.15, 0.2) is 41.9 Å². The Bertz CT molecular complexity index is 756. The number of nitrogens with zero attached hydrogens (tertiary/aromatic N) is 2. The van der Waals surface area contributed by atoms with Gasteiger partial charge in [0.2, 0.25) is 5.28 Å². The van der Waals surface area contributed by atoms with Crippen LogP contribution in [-0.4, -0.2) is 15.9 Å². The van der Waals surface area contributed by atoms with Crippen molar-refractivity contribution in [2.75, 3.05) is 5.32 Å². The molecule has 0 aliphatic heterocycles. The Hall–Kier alpha value is -1.98. The number of aromatic nitrogens is 2. The van der Waals surface area contributed by atoms with Crippen LogP contribution < -0.4 is 5.32 Å². The second kappa shape index (κ2) is 4.95. The molecule has 94 valence electrons. The highest BCUT2D eigenvalue weighted by atomic mass is 35.5. The van der Waals surface area contributed by atoms with E-state index < -0.39 is 0 Å². The molecule has 2 heterocycles. The summed E-state index contributed by atoms with van der Waals surface area (Å²) in [6.45, 7) is 0. The fourth-order valence-corrected chi connectivity index (χ4v) is 2.83. The second-order valence-corrected chi connectivity index (χ2v) is 5.06. The molecule has 0 saturated heterocycles. The van der Waals surface area contributed by atoms with Gasteiger partial charge in [0.05, 0.1) is 5.56 Å². The van der Waals surface area contributed by atoms with Crippen molar-refractivity contribution in [3.05, 3.63) is 52.8 Å². The Labute approximate surface area is 118 Å². The molecule has 0 bridgehead atoms. The Morgan fingerprint density at radius 1 is 1.26 bits per heavy atom. The zero-order valence-corrected chi connectivity index (χ0v) is 11.2. The number of thiophene rings is 1. The summed E-state index contributed by atoms with van der Waals surface area (Å²) in [5.41, 5.74) is 0.635. The highest BCUT2D eigenvalue weighted by molar-refractivity contribution is 7.17. The molecule has 0 spiro atoms. The predicted molar refractivity (Wildman–Crippen MR) is 76.8 cm³/mol. The standard InChI is InChI=1S/C13H8ClN3OS/c14-13-15-6-5-11(17-13)16-12(18)9-7-19-10-4-2-1-3-8(9)10/h1-7H,(H,15,16,17,18). The largest absolute Gasteiger partial charge is 0.306 e. The molecular weight excluding hydrogens is 282 g/mol. The van der Waals surface area contributed by atoms with Gasteiger partial charge in [-0.3, -0.25) is 4.79 Å². The van der Waals surface area contributed by atoms with Crippen molar-refractivity contribution in [3.63, 3.8) is 0 Å². The molecule has 19 heavy (non-hydrogen) atoms. The van der Waals surface area contributed by atoms with Gasteiger partial charge in [-0.1, -0.05) is 18.2 Å². The van der Waals surface area contributed by atoms with Gasteiger partial charge in [0.1, 0.15) is 5.82 Å². The first-order valence-electron chi connectivity index (χ1n) is 5.50. The maximum Gasteiger partial charge on any atom is 0.258 e. The number of carbonyl (C=O) groups excluding carboxylic acids is 1. The average Bonchev–Trinajstić information content (AvgIpc) is 2.82. The number of fused-ring (bicyclic) bond motifs is 1. The summed E-state index contributed by atoms with van der Waals surface area (Å²) in [5, 5.41) is 5.59. The smallest absolute Gasteiger partial charge is 0.258 e. The van der Waals surface area contributed by atoms with Crippen molar-refractivity contribution >= 4 is 44.7 Å². The SMILES string of the molecule is O=C(Nc1ccnc(Cl)n1)c1csc2ccccc12. The van der Waals surface area contributed by atoms with Crippen LogP contribution in [0.4, 0.5) is 5.82 Å². The predicted octanol–water partition coefficient (Wildman–Crippen LogP) is 3.60. The number of amides is 1. The van der Waals surface area contributed by atoms with E-state index in [9.17, 15) is 4.79 Å². The molecule has 3 aromatic rings. The molecule has 0 saturated carbocycles. The van der Waals surface area contributed by atoms with E-state index in [1.54, 1.807) is 6.07 Å². The van der Waals surface area contributed by atoms with Crippen molar-refractivity contribution in [2.45, 2.75) is 0 Å². The van der Waals surface area contributed by atoms with E-state index in [1.807, 2.05) is 29.6 Å². The Balaban J connectivity index is 1.92. The number of hydrogen-bond acceptors (Lipinski definition) is 4. The summed E-state index contributed by atoms with van der Waals surface area (Å²) < 4.78 is 1.08. The molecule has 4 nitrogen and oxygen atoms in total. The first kappa shape index (κ1) is 12.1. The molecule has 6 heteroatoms. The van der Waals surface area contributed by atoms with E-state index in [4.69, 9.17) is 11.6 Å². The molecular formula is C13H8ClN3OS. The normalized spacial score (nSPS) is 10.6. The van der Waals surface area contributed by atoms with Gasteiger partial charge >= 0.3 is 0 Å². The molecule has 0 radical (unpaired) electrons. The Kier molecular flexibility index (Phi) is 3.15. The van der Waals surface area contributed by atoms with Gasteiger partial charge in [0, 0.05) is 21.7 Å². The van der Waals surface area contributed by atoms with Gasteiger partial charge in [-0.2, -0.15) is 0 Å². The molecule has 1 aromatic carbocycles. The Morgan fingerprint density at radius 3 is 2.95 bits per heavy atom. The lowest BCUT2D eigenvalue weighted by molar-refractivity contribution is 0.102. The van der Waals surface area contributed by atoms with E-state index in [0.29, 0.717) is 11.4 Å². The van der Waals surface area contributed by atoms with Crippen LogP contribution in [0.5, 0.6) is 0 Å². The van der Waals surface area contributed by atoms with Crippen molar-refractivity contribution < 1.29 is 4.79 Å². The van der Waals surface area contributed by atoms with Gasteiger partial charge in [-0.25, -0.2) is 9.97 Å². The number of halogens is 1. The van der Waals surface area contributed by atoms with Crippen molar-refractivity contribution in [1.82, 2.24) is 9.97 Å². The molecule has 0 fully saturated rings. The van der Waals surface area contributed by atoms with Gasteiger partial charge in [-0.15, -0.1) is 11.3 Å². The van der Waals surface area contributed by atoms with Crippen LogP contribution in [0.2, 0.25) is 5.28 Å². The van der Waals surface area contributed by atoms with Crippen LogP contribution >= 0.6 is 22.9 Å². The van der Waals surface area contributed by atoms with Crippen molar-refractivity contribution in [1.29, 1.82) is 0 Å². The van der Waals surface area contributed by atoms with Crippen LogP contribution in [0.1, 0.15) is 10.4 Å². The summed E-state index contributed by atoms with van der Waals surface area (Å²) in [6, 6.07) is 9.36. The first-order chi connectivity index (χ1) is 9.24.